The second kappa shape index (κ2) is 8.52. The summed E-state index contributed by atoms with van der Waals surface area (Å²) < 4.78 is 22.8. The van der Waals surface area contributed by atoms with Crippen molar-refractivity contribution in [3.05, 3.63) is 35.9 Å². The molecule has 0 aliphatic carbocycles. The van der Waals surface area contributed by atoms with Crippen molar-refractivity contribution in [1.29, 1.82) is 0 Å². The van der Waals surface area contributed by atoms with Crippen LogP contribution in [0.15, 0.2) is 30.3 Å². The molecule has 1 aliphatic heterocycles. The van der Waals surface area contributed by atoms with Crippen molar-refractivity contribution in [3.63, 3.8) is 0 Å². The van der Waals surface area contributed by atoms with Gasteiger partial charge in [0.25, 0.3) is 0 Å². The molecule has 1 aliphatic rings. The third-order valence-corrected chi connectivity index (χ3v) is 4.35. The highest BCUT2D eigenvalue weighted by molar-refractivity contribution is 7.77. The number of benzene rings is 1. The van der Waals surface area contributed by atoms with Gasteiger partial charge in [-0.05, 0) is 50.9 Å². The number of nitrogens with zero attached hydrogens (tertiary/aromatic N) is 1. The molecule has 0 radical (unpaired) electrons. The zero-order valence-electron chi connectivity index (χ0n) is 11.8. The van der Waals surface area contributed by atoms with Gasteiger partial charge in [0.2, 0.25) is 11.3 Å². The topological polar surface area (TPSA) is 52.6 Å². The summed E-state index contributed by atoms with van der Waals surface area (Å²) in [5.74, 6) is 0. The van der Waals surface area contributed by atoms with Crippen molar-refractivity contribution in [3.8, 4) is 0 Å². The Morgan fingerprint density at radius 1 is 1.20 bits per heavy atom. The predicted molar refractivity (Wildman–Crippen MR) is 82.6 cm³/mol. The van der Waals surface area contributed by atoms with Gasteiger partial charge in [0.05, 0.1) is 0 Å². The highest BCUT2D eigenvalue weighted by Gasteiger charge is 2.14. The van der Waals surface area contributed by atoms with E-state index in [2.05, 4.69) is 9.62 Å². The monoisotopic (exact) mass is 296 g/mol. The van der Waals surface area contributed by atoms with Gasteiger partial charge in [-0.2, -0.15) is 0 Å². The van der Waals surface area contributed by atoms with E-state index in [1.54, 1.807) is 0 Å². The van der Waals surface area contributed by atoms with Crippen LogP contribution in [0.2, 0.25) is 0 Å². The number of rotatable bonds is 8. The van der Waals surface area contributed by atoms with Crippen LogP contribution in [0.3, 0.4) is 0 Å². The number of hydrogen-bond acceptors (Lipinski definition) is 2. The van der Waals surface area contributed by atoms with E-state index in [1.807, 2.05) is 30.3 Å². The van der Waals surface area contributed by atoms with Crippen molar-refractivity contribution >= 4 is 11.3 Å². The minimum absolute atomic E-state index is 0.0411. The molecule has 4 nitrogen and oxygen atoms in total. The first-order chi connectivity index (χ1) is 9.75. The summed E-state index contributed by atoms with van der Waals surface area (Å²) in [5, 5.41) is 0. The lowest BCUT2D eigenvalue weighted by atomic mass is 10.0. The molecular formula is C15H24N2O2S. The number of likely N-dealkylation sites (tertiary alicyclic amines) is 1. The largest absolute Gasteiger partial charge is 0.303 e. The van der Waals surface area contributed by atoms with Crippen molar-refractivity contribution in [2.45, 2.75) is 38.1 Å². The van der Waals surface area contributed by atoms with Gasteiger partial charge in [0.1, 0.15) is 0 Å². The van der Waals surface area contributed by atoms with Gasteiger partial charge in [-0.3, -0.25) is 4.55 Å². The molecule has 112 valence electrons. The van der Waals surface area contributed by atoms with Gasteiger partial charge in [0, 0.05) is 6.04 Å². The Morgan fingerprint density at radius 2 is 1.90 bits per heavy atom. The first-order valence-corrected chi connectivity index (χ1v) is 8.51. The van der Waals surface area contributed by atoms with E-state index in [4.69, 9.17) is 4.55 Å². The van der Waals surface area contributed by atoms with Crippen molar-refractivity contribution in [2.75, 3.05) is 19.6 Å². The molecule has 0 bridgehead atoms. The molecule has 20 heavy (non-hydrogen) atoms. The average molecular weight is 296 g/mol. The summed E-state index contributed by atoms with van der Waals surface area (Å²) in [7, 11) is 0. The SMILES string of the molecule is O=S(O)NC(CCCCN1CCCC1)c1ccccc1. The van der Waals surface area contributed by atoms with E-state index in [0.29, 0.717) is 0 Å². The summed E-state index contributed by atoms with van der Waals surface area (Å²) in [5.41, 5.74) is 1.08. The van der Waals surface area contributed by atoms with Crippen molar-refractivity contribution < 1.29 is 8.76 Å². The van der Waals surface area contributed by atoms with Crippen LogP contribution < -0.4 is 4.72 Å². The average Bonchev–Trinajstić information content (AvgIpc) is 2.96. The first-order valence-electron chi connectivity index (χ1n) is 7.40. The highest BCUT2D eigenvalue weighted by atomic mass is 32.2. The fourth-order valence-corrected chi connectivity index (χ4v) is 3.29. The molecule has 2 atom stereocenters. The van der Waals surface area contributed by atoms with E-state index >= 15 is 0 Å². The molecule has 1 saturated heterocycles. The molecule has 5 heteroatoms. The number of nitrogens with one attached hydrogen (secondary N) is 1. The maximum Gasteiger partial charge on any atom is 0.232 e. The normalized spacial score (nSPS) is 19.1. The Balaban J connectivity index is 1.77. The minimum atomic E-state index is -1.96. The van der Waals surface area contributed by atoms with E-state index in [1.165, 1.54) is 25.9 Å². The van der Waals surface area contributed by atoms with Crippen LogP contribution in [0.25, 0.3) is 0 Å². The Bertz CT molecular complexity index is 408. The van der Waals surface area contributed by atoms with Crippen LogP contribution in [0.1, 0.15) is 43.7 Å². The van der Waals surface area contributed by atoms with Crippen molar-refractivity contribution in [2.24, 2.45) is 0 Å². The second-order valence-corrected chi connectivity index (χ2v) is 6.11. The van der Waals surface area contributed by atoms with Crippen molar-refractivity contribution in [1.82, 2.24) is 9.62 Å². The molecule has 2 N–H and O–H groups in total. The fraction of sp³-hybridized carbons (Fsp3) is 0.600. The van der Waals surface area contributed by atoms with Crippen LogP contribution in [-0.2, 0) is 11.3 Å². The van der Waals surface area contributed by atoms with E-state index in [9.17, 15) is 4.21 Å². The lowest BCUT2D eigenvalue weighted by Gasteiger charge is -2.18. The number of hydrogen-bond donors (Lipinski definition) is 2. The molecule has 1 aromatic rings. The zero-order chi connectivity index (χ0) is 14.2. The molecule has 0 saturated carbocycles. The maximum atomic E-state index is 11.0. The third-order valence-electron chi connectivity index (χ3n) is 3.86. The van der Waals surface area contributed by atoms with E-state index < -0.39 is 11.3 Å². The molecule has 1 fully saturated rings. The zero-order valence-corrected chi connectivity index (χ0v) is 12.6. The first kappa shape index (κ1) is 15.6. The second-order valence-electron chi connectivity index (χ2n) is 5.37. The lowest BCUT2D eigenvalue weighted by molar-refractivity contribution is 0.325. The molecular weight excluding hydrogens is 272 g/mol. The molecule has 2 rings (SSSR count). The third kappa shape index (κ3) is 5.32. The Kier molecular flexibility index (Phi) is 6.66. The van der Waals surface area contributed by atoms with Crippen LogP contribution in [0.5, 0.6) is 0 Å². The Labute approximate surface area is 124 Å². The minimum Gasteiger partial charge on any atom is -0.303 e. The summed E-state index contributed by atoms with van der Waals surface area (Å²) in [4.78, 5) is 2.51. The van der Waals surface area contributed by atoms with Crippen LogP contribution in [0.4, 0.5) is 0 Å². The number of unbranched alkanes of at least 4 members (excludes halogenated alkanes) is 1. The van der Waals surface area contributed by atoms with Gasteiger partial charge in [0.15, 0.2) is 0 Å². The van der Waals surface area contributed by atoms with Gasteiger partial charge >= 0.3 is 0 Å². The summed E-state index contributed by atoms with van der Waals surface area (Å²) in [6.07, 6.45) is 5.78. The molecule has 0 aromatic heterocycles. The summed E-state index contributed by atoms with van der Waals surface area (Å²) in [6, 6.07) is 9.86. The fourth-order valence-electron chi connectivity index (χ4n) is 2.79. The summed E-state index contributed by atoms with van der Waals surface area (Å²) in [6.45, 7) is 3.63. The maximum absolute atomic E-state index is 11.0. The smallest absolute Gasteiger partial charge is 0.232 e. The standard InChI is InChI=1S/C15H24N2O2S/c18-20(19)16-15(14-8-2-1-3-9-14)10-4-5-11-17-12-6-7-13-17/h1-3,8-9,15-16H,4-7,10-13H2,(H,18,19). The predicted octanol–water partition coefficient (Wildman–Crippen LogP) is 2.72. The summed E-state index contributed by atoms with van der Waals surface area (Å²) >= 11 is -1.96. The Hall–Kier alpha value is -0.750. The van der Waals surface area contributed by atoms with Gasteiger partial charge in [-0.1, -0.05) is 36.8 Å². The molecule has 0 amide bonds. The van der Waals surface area contributed by atoms with Gasteiger partial charge in [-0.15, -0.1) is 0 Å². The van der Waals surface area contributed by atoms with Crippen LogP contribution >= 0.6 is 0 Å². The molecule has 0 spiro atoms. The molecule has 2 unspecified atom stereocenters. The highest BCUT2D eigenvalue weighted by Crippen LogP contribution is 2.20. The van der Waals surface area contributed by atoms with Crippen LogP contribution in [0, 0.1) is 0 Å². The molecule has 1 aromatic carbocycles. The van der Waals surface area contributed by atoms with E-state index in [0.717, 1.165) is 31.4 Å². The molecule has 1 heterocycles. The quantitative estimate of drug-likeness (QED) is 0.573. The van der Waals surface area contributed by atoms with Gasteiger partial charge in [-0.25, -0.2) is 8.93 Å². The van der Waals surface area contributed by atoms with Crippen LogP contribution in [-0.4, -0.2) is 33.3 Å². The Morgan fingerprint density at radius 3 is 2.55 bits per heavy atom. The van der Waals surface area contributed by atoms with Gasteiger partial charge < -0.3 is 4.90 Å². The van der Waals surface area contributed by atoms with E-state index in [-0.39, 0.29) is 6.04 Å². The lowest BCUT2D eigenvalue weighted by Crippen LogP contribution is -2.24.